The van der Waals surface area contributed by atoms with Crippen LogP contribution in [-0.2, 0) is 0 Å². The summed E-state index contributed by atoms with van der Waals surface area (Å²) in [6.07, 6.45) is 1.20. The average Bonchev–Trinajstić information content (AvgIpc) is 2.40. The molecule has 88 valence electrons. The van der Waals surface area contributed by atoms with Crippen LogP contribution in [0.4, 0.5) is 0 Å². The van der Waals surface area contributed by atoms with Gasteiger partial charge in [-0.15, -0.1) is 0 Å². The molecule has 1 atom stereocenters. The summed E-state index contributed by atoms with van der Waals surface area (Å²) in [4.78, 5) is 0. The minimum absolute atomic E-state index is 0.878. The van der Waals surface area contributed by atoms with Gasteiger partial charge in [0.05, 0.1) is 7.11 Å². The van der Waals surface area contributed by atoms with Crippen LogP contribution in [0.2, 0.25) is 0 Å². The van der Waals surface area contributed by atoms with Crippen LogP contribution in [0.15, 0.2) is 48.5 Å². The highest BCUT2D eigenvalue weighted by atomic mass is 31.1. The second-order valence-electron chi connectivity index (χ2n) is 3.80. The first kappa shape index (κ1) is 12.1. The van der Waals surface area contributed by atoms with Gasteiger partial charge in [0.25, 0.3) is 0 Å². The van der Waals surface area contributed by atoms with Gasteiger partial charge in [-0.1, -0.05) is 51.9 Å². The summed E-state index contributed by atoms with van der Waals surface area (Å²) in [7, 11) is 2.57. The van der Waals surface area contributed by atoms with Crippen LogP contribution in [0.3, 0.4) is 0 Å². The van der Waals surface area contributed by atoms with Crippen molar-refractivity contribution in [1.82, 2.24) is 0 Å². The third-order valence-corrected chi connectivity index (χ3v) is 3.87. The second-order valence-corrected chi connectivity index (χ2v) is 5.40. The summed E-state index contributed by atoms with van der Waals surface area (Å²) in [6, 6.07) is 16.9. The fourth-order valence-corrected chi connectivity index (χ4v) is 2.86. The van der Waals surface area contributed by atoms with Crippen molar-refractivity contribution in [3.63, 3.8) is 0 Å². The Hall–Kier alpha value is -1.33. The quantitative estimate of drug-likeness (QED) is 0.745. The van der Waals surface area contributed by atoms with E-state index in [9.17, 15) is 0 Å². The normalized spacial score (nSPS) is 10.9. The zero-order chi connectivity index (χ0) is 12.1. The minimum atomic E-state index is 0.878. The fourth-order valence-electron chi connectivity index (χ4n) is 1.85. The van der Waals surface area contributed by atoms with E-state index in [1.807, 2.05) is 12.1 Å². The summed E-state index contributed by atoms with van der Waals surface area (Å²) in [5.41, 5.74) is 2.61. The van der Waals surface area contributed by atoms with Gasteiger partial charge in [0.2, 0.25) is 0 Å². The van der Waals surface area contributed by atoms with Gasteiger partial charge in [-0.2, -0.15) is 0 Å². The molecular formula is C15H17OP. The highest BCUT2D eigenvalue weighted by molar-refractivity contribution is 7.47. The summed E-state index contributed by atoms with van der Waals surface area (Å²) < 4.78 is 5.18. The van der Waals surface area contributed by atoms with E-state index in [1.165, 1.54) is 22.6 Å². The Morgan fingerprint density at radius 1 is 1.00 bits per heavy atom. The predicted molar refractivity (Wildman–Crippen MR) is 76.9 cm³/mol. The largest absolute Gasteiger partial charge is 0.497 e. The Morgan fingerprint density at radius 2 is 1.71 bits per heavy atom. The lowest BCUT2D eigenvalue weighted by molar-refractivity contribution is 0.415. The van der Waals surface area contributed by atoms with Gasteiger partial charge in [0.1, 0.15) is 5.75 Å². The highest BCUT2D eigenvalue weighted by Crippen LogP contribution is 2.25. The van der Waals surface area contributed by atoms with Gasteiger partial charge in [-0.25, -0.2) is 0 Å². The van der Waals surface area contributed by atoms with Gasteiger partial charge in [-0.05, 0) is 34.7 Å². The van der Waals surface area contributed by atoms with E-state index in [1.54, 1.807) is 7.11 Å². The number of hydrogen-bond donors (Lipinski definition) is 0. The molecule has 2 aromatic rings. The Balaban J connectivity index is 2.37. The maximum Gasteiger partial charge on any atom is 0.118 e. The topological polar surface area (TPSA) is 9.23 Å². The minimum Gasteiger partial charge on any atom is -0.497 e. The van der Waals surface area contributed by atoms with Crippen molar-refractivity contribution in [2.75, 3.05) is 13.3 Å². The molecule has 0 aromatic heterocycles. The Morgan fingerprint density at radius 3 is 2.35 bits per heavy atom. The first-order chi connectivity index (χ1) is 8.35. The molecule has 0 bridgehead atoms. The summed E-state index contributed by atoms with van der Waals surface area (Å²) in [5.74, 6) is 0.907. The van der Waals surface area contributed by atoms with Crippen molar-refractivity contribution in [2.45, 2.75) is 6.92 Å². The second kappa shape index (κ2) is 5.84. The lowest BCUT2D eigenvalue weighted by Gasteiger charge is -2.09. The summed E-state index contributed by atoms with van der Waals surface area (Å²) in [6.45, 7) is 2.23. The first-order valence-corrected chi connectivity index (χ1v) is 7.03. The van der Waals surface area contributed by atoms with E-state index >= 15 is 0 Å². The molecule has 0 aliphatic rings. The molecule has 17 heavy (non-hydrogen) atoms. The predicted octanol–water partition coefficient (Wildman–Crippen LogP) is 3.69. The Bertz CT molecular complexity index is 477. The van der Waals surface area contributed by atoms with Crippen molar-refractivity contribution in [1.29, 1.82) is 0 Å². The van der Waals surface area contributed by atoms with Crippen molar-refractivity contribution in [3.8, 4) is 16.9 Å². The fraction of sp³-hybridized carbons (Fsp3) is 0.200. The molecular weight excluding hydrogens is 227 g/mol. The van der Waals surface area contributed by atoms with E-state index < -0.39 is 0 Å². The Labute approximate surface area is 105 Å². The van der Waals surface area contributed by atoms with E-state index in [0.717, 1.165) is 14.3 Å². The molecule has 0 fully saturated rings. The number of ether oxygens (including phenoxy) is 1. The van der Waals surface area contributed by atoms with Crippen LogP contribution in [0.25, 0.3) is 11.1 Å². The average molecular weight is 244 g/mol. The molecule has 0 spiro atoms. The monoisotopic (exact) mass is 244 g/mol. The third-order valence-electron chi connectivity index (χ3n) is 2.70. The van der Waals surface area contributed by atoms with Gasteiger partial charge in [0, 0.05) is 0 Å². The number of rotatable bonds is 4. The van der Waals surface area contributed by atoms with Crippen LogP contribution in [0.5, 0.6) is 5.75 Å². The molecule has 0 aliphatic carbocycles. The third kappa shape index (κ3) is 2.87. The summed E-state index contributed by atoms with van der Waals surface area (Å²) >= 11 is 0. The van der Waals surface area contributed by atoms with Crippen molar-refractivity contribution >= 4 is 13.9 Å². The molecule has 1 unspecified atom stereocenters. The van der Waals surface area contributed by atoms with Gasteiger partial charge in [0.15, 0.2) is 0 Å². The van der Waals surface area contributed by atoms with Crippen LogP contribution < -0.4 is 10.0 Å². The zero-order valence-corrected chi connectivity index (χ0v) is 11.2. The molecule has 2 aromatic carbocycles. The van der Waals surface area contributed by atoms with Crippen LogP contribution in [0.1, 0.15) is 6.92 Å². The lowest BCUT2D eigenvalue weighted by atomic mass is 10.1. The molecule has 0 N–H and O–H groups in total. The Kier molecular flexibility index (Phi) is 4.17. The number of benzene rings is 2. The van der Waals surface area contributed by atoms with Crippen molar-refractivity contribution < 1.29 is 4.74 Å². The van der Waals surface area contributed by atoms with E-state index in [2.05, 4.69) is 43.3 Å². The van der Waals surface area contributed by atoms with E-state index in [0.29, 0.717) is 0 Å². The van der Waals surface area contributed by atoms with Gasteiger partial charge >= 0.3 is 0 Å². The molecule has 0 radical (unpaired) electrons. The molecule has 0 saturated carbocycles. The maximum absolute atomic E-state index is 5.18. The zero-order valence-electron chi connectivity index (χ0n) is 10.2. The van der Waals surface area contributed by atoms with Crippen LogP contribution in [0, 0.1) is 0 Å². The summed E-state index contributed by atoms with van der Waals surface area (Å²) in [5, 5.41) is 1.44. The first-order valence-electron chi connectivity index (χ1n) is 5.82. The van der Waals surface area contributed by atoms with Gasteiger partial charge < -0.3 is 4.74 Å². The van der Waals surface area contributed by atoms with E-state index in [4.69, 9.17) is 4.74 Å². The SMILES string of the molecule is CCPc1ccccc1-c1ccc(OC)cc1. The smallest absolute Gasteiger partial charge is 0.118 e. The molecule has 0 saturated heterocycles. The molecule has 0 amide bonds. The molecule has 0 heterocycles. The highest BCUT2D eigenvalue weighted by Gasteiger charge is 2.03. The molecule has 2 heteroatoms. The molecule has 0 aliphatic heterocycles. The maximum atomic E-state index is 5.18. The van der Waals surface area contributed by atoms with Crippen molar-refractivity contribution in [3.05, 3.63) is 48.5 Å². The van der Waals surface area contributed by atoms with E-state index in [-0.39, 0.29) is 0 Å². The number of methoxy groups -OCH3 is 1. The lowest BCUT2D eigenvalue weighted by Crippen LogP contribution is -1.99. The molecule has 1 nitrogen and oxygen atoms in total. The molecule has 2 rings (SSSR count). The van der Waals surface area contributed by atoms with Crippen molar-refractivity contribution in [2.24, 2.45) is 0 Å². The van der Waals surface area contributed by atoms with Gasteiger partial charge in [-0.3, -0.25) is 0 Å². The standard InChI is InChI=1S/C15H17OP/c1-3-17-15-7-5-4-6-14(15)12-8-10-13(16-2)11-9-12/h4-11,17H,3H2,1-2H3. The van der Waals surface area contributed by atoms with Crippen LogP contribution >= 0.6 is 8.58 Å². The van der Waals surface area contributed by atoms with Crippen LogP contribution in [-0.4, -0.2) is 13.3 Å². The number of hydrogen-bond acceptors (Lipinski definition) is 1.